The third-order valence-corrected chi connectivity index (χ3v) is 5.09. The number of halogens is 3. The van der Waals surface area contributed by atoms with Crippen LogP contribution in [0, 0.1) is 5.82 Å². The van der Waals surface area contributed by atoms with E-state index >= 15 is 0 Å². The van der Waals surface area contributed by atoms with Crippen LogP contribution in [0.2, 0.25) is 10.0 Å². The van der Waals surface area contributed by atoms with Gasteiger partial charge in [-0.15, -0.1) is 0 Å². The third-order valence-electron chi connectivity index (χ3n) is 4.36. The predicted molar refractivity (Wildman–Crippen MR) is 125 cm³/mol. The summed E-state index contributed by atoms with van der Waals surface area (Å²) in [5, 5.41) is 16.2. The number of nitrogens with one attached hydrogen (secondary N) is 2. The molecule has 0 radical (unpaired) electrons. The maximum Gasteiger partial charge on any atom is 0.176 e. The molecule has 4 aromatic rings. The topological polar surface area (TPSA) is 59.7 Å². The van der Waals surface area contributed by atoms with Gasteiger partial charge in [0.25, 0.3) is 0 Å². The average Bonchev–Trinajstić information content (AvgIpc) is 3.31. The fourth-order valence-electron chi connectivity index (χ4n) is 2.90. The van der Waals surface area contributed by atoms with Gasteiger partial charge in [-0.2, -0.15) is 10.2 Å². The number of thiocarbonyl (C=S) groups is 1. The molecular formula is C21H17Cl2FN6S. The molecule has 0 aliphatic carbocycles. The lowest BCUT2D eigenvalue weighted by Crippen LogP contribution is -2.19. The van der Waals surface area contributed by atoms with Gasteiger partial charge in [0.05, 0.1) is 25.0 Å². The molecule has 0 aliphatic heterocycles. The van der Waals surface area contributed by atoms with Gasteiger partial charge >= 0.3 is 0 Å². The molecule has 0 atom stereocenters. The number of hydrogen-bond acceptors (Lipinski definition) is 3. The maximum absolute atomic E-state index is 13.0. The number of anilines is 2. The van der Waals surface area contributed by atoms with Gasteiger partial charge in [-0.3, -0.25) is 9.36 Å². The largest absolute Gasteiger partial charge is 0.330 e. The summed E-state index contributed by atoms with van der Waals surface area (Å²) in [6, 6.07) is 13.8. The minimum atomic E-state index is -0.266. The van der Waals surface area contributed by atoms with Crippen molar-refractivity contribution in [2.45, 2.75) is 13.1 Å². The molecule has 2 N–H and O–H groups in total. The molecule has 2 heterocycles. The Kier molecular flexibility index (Phi) is 6.50. The third kappa shape index (κ3) is 5.81. The number of hydrogen-bond donors (Lipinski definition) is 2. The van der Waals surface area contributed by atoms with Crippen molar-refractivity contribution in [1.82, 2.24) is 19.6 Å². The van der Waals surface area contributed by atoms with Gasteiger partial charge in [-0.25, -0.2) is 4.39 Å². The fourth-order valence-corrected chi connectivity index (χ4v) is 3.44. The first-order valence-electron chi connectivity index (χ1n) is 9.27. The van der Waals surface area contributed by atoms with E-state index in [2.05, 4.69) is 20.8 Å². The Labute approximate surface area is 193 Å². The summed E-state index contributed by atoms with van der Waals surface area (Å²) >= 11 is 17.6. The van der Waals surface area contributed by atoms with E-state index < -0.39 is 0 Å². The van der Waals surface area contributed by atoms with Crippen molar-refractivity contribution < 1.29 is 4.39 Å². The van der Waals surface area contributed by atoms with Crippen LogP contribution in [0.25, 0.3) is 0 Å². The fraction of sp³-hybridized carbons (Fsp3) is 0.0952. The van der Waals surface area contributed by atoms with E-state index in [1.54, 1.807) is 40.1 Å². The van der Waals surface area contributed by atoms with Crippen molar-refractivity contribution in [2.24, 2.45) is 0 Å². The Hall–Kier alpha value is -2.94. The molecular weight excluding hydrogens is 458 g/mol. The van der Waals surface area contributed by atoms with Crippen molar-refractivity contribution in [3.05, 3.63) is 94.1 Å². The van der Waals surface area contributed by atoms with Crippen LogP contribution in [0.4, 0.5) is 15.9 Å². The van der Waals surface area contributed by atoms with Gasteiger partial charge in [-0.05, 0) is 47.6 Å². The zero-order valence-electron chi connectivity index (χ0n) is 16.1. The molecule has 4 rings (SSSR count). The highest BCUT2D eigenvalue weighted by Crippen LogP contribution is 2.21. The van der Waals surface area contributed by atoms with Gasteiger partial charge in [-0.1, -0.05) is 47.5 Å². The molecule has 0 fully saturated rings. The van der Waals surface area contributed by atoms with Crippen molar-refractivity contribution in [3.63, 3.8) is 0 Å². The van der Waals surface area contributed by atoms with Crippen LogP contribution in [-0.4, -0.2) is 24.7 Å². The highest BCUT2D eigenvalue weighted by atomic mass is 35.5. The van der Waals surface area contributed by atoms with E-state index in [4.69, 9.17) is 35.4 Å². The van der Waals surface area contributed by atoms with Gasteiger partial charge < -0.3 is 10.6 Å². The molecule has 0 spiro atoms. The molecule has 0 saturated carbocycles. The van der Waals surface area contributed by atoms with Crippen LogP contribution >= 0.6 is 35.4 Å². The van der Waals surface area contributed by atoms with Crippen molar-refractivity contribution >= 4 is 52.0 Å². The second-order valence-corrected chi connectivity index (χ2v) is 8.03. The van der Waals surface area contributed by atoms with Gasteiger partial charge in [0.2, 0.25) is 0 Å². The van der Waals surface area contributed by atoms with Crippen LogP contribution in [0.5, 0.6) is 0 Å². The normalized spacial score (nSPS) is 10.8. The lowest BCUT2D eigenvalue weighted by molar-refractivity contribution is 0.624. The molecule has 0 amide bonds. The van der Waals surface area contributed by atoms with Crippen molar-refractivity contribution in [3.8, 4) is 0 Å². The smallest absolute Gasteiger partial charge is 0.176 e. The SMILES string of the molecule is Fc1ccc(Cn2cc(NC(=S)Nc3nn(Cc4ccc(Cl)cc4)cc3Cl)cn2)cc1. The van der Waals surface area contributed by atoms with Gasteiger partial charge in [0.15, 0.2) is 10.9 Å². The van der Waals surface area contributed by atoms with E-state index in [1.807, 2.05) is 24.3 Å². The van der Waals surface area contributed by atoms with Crippen LogP contribution in [0.1, 0.15) is 11.1 Å². The molecule has 0 aliphatic rings. The predicted octanol–water partition coefficient (Wildman–Crippen LogP) is 5.43. The first kappa shape index (κ1) is 21.3. The molecule has 0 saturated heterocycles. The first-order valence-corrected chi connectivity index (χ1v) is 10.4. The molecule has 31 heavy (non-hydrogen) atoms. The lowest BCUT2D eigenvalue weighted by Gasteiger charge is -2.07. The molecule has 0 bridgehead atoms. The summed E-state index contributed by atoms with van der Waals surface area (Å²) < 4.78 is 16.5. The molecule has 10 heteroatoms. The summed E-state index contributed by atoms with van der Waals surface area (Å²) in [5.74, 6) is 0.184. The molecule has 2 aromatic heterocycles. The Morgan fingerprint density at radius 2 is 1.55 bits per heavy atom. The first-order chi connectivity index (χ1) is 14.9. The average molecular weight is 475 g/mol. The van der Waals surface area contributed by atoms with Gasteiger partial charge in [0.1, 0.15) is 10.8 Å². The summed E-state index contributed by atoms with van der Waals surface area (Å²) in [7, 11) is 0. The number of nitrogens with zero attached hydrogens (tertiary/aromatic N) is 4. The Morgan fingerprint density at radius 3 is 2.26 bits per heavy atom. The Balaban J connectivity index is 1.34. The monoisotopic (exact) mass is 474 g/mol. The standard InChI is InChI=1S/C21H17Cl2FN6S/c22-16-5-1-14(2-6-16)11-30-13-19(23)20(28-30)27-21(31)26-18-9-25-29(12-18)10-15-3-7-17(24)8-4-15/h1-9,12-13H,10-11H2,(H2,26,27,28,31). The molecule has 0 unspecified atom stereocenters. The number of rotatable bonds is 6. The molecule has 158 valence electrons. The Morgan fingerprint density at radius 1 is 0.903 bits per heavy atom. The van der Waals surface area contributed by atoms with Crippen molar-refractivity contribution in [2.75, 3.05) is 10.6 Å². The zero-order valence-corrected chi connectivity index (χ0v) is 18.4. The highest BCUT2D eigenvalue weighted by molar-refractivity contribution is 7.80. The van der Waals surface area contributed by atoms with Crippen LogP contribution < -0.4 is 10.6 Å². The summed E-state index contributed by atoms with van der Waals surface area (Å²) in [6.07, 6.45) is 5.18. The number of aromatic nitrogens is 4. The van der Waals surface area contributed by atoms with E-state index in [-0.39, 0.29) is 5.82 Å². The minimum Gasteiger partial charge on any atom is -0.330 e. The zero-order chi connectivity index (χ0) is 21.8. The van der Waals surface area contributed by atoms with E-state index in [9.17, 15) is 4.39 Å². The summed E-state index contributed by atoms with van der Waals surface area (Å²) in [4.78, 5) is 0. The second-order valence-electron chi connectivity index (χ2n) is 6.78. The summed E-state index contributed by atoms with van der Waals surface area (Å²) in [5.41, 5.74) is 2.69. The maximum atomic E-state index is 13.0. The van der Waals surface area contributed by atoms with Gasteiger partial charge in [0, 0.05) is 17.4 Å². The summed E-state index contributed by atoms with van der Waals surface area (Å²) in [6.45, 7) is 1.07. The van der Waals surface area contributed by atoms with Crippen molar-refractivity contribution in [1.29, 1.82) is 0 Å². The lowest BCUT2D eigenvalue weighted by atomic mass is 10.2. The highest BCUT2D eigenvalue weighted by Gasteiger charge is 2.10. The second kappa shape index (κ2) is 9.47. The van der Waals surface area contributed by atoms with E-state index in [0.717, 1.165) is 11.1 Å². The van der Waals surface area contributed by atoms with Crippen LogP contribution in [-0.2, 0) is 13.1 Å². The number of benzene rings is 2. The Bertz CT molecular complexity index is 1190. The van der Waals surface area contributed by atoms with E-state index in [0.29, 0.717) is 39.8 Å². The minimum absolute atomic E-state index is 0.266. The molecule has 2 aromatic carbocycles. The van der Waals surface area contributed by atoms with Crippen LogP contribution in [0.15, 0.2) is 67.1 Å². The quantitative estimate of drug-likeness (QED) is 0.364. The van der Waals surface area contributed by atoms with Crippen LogP contribution in [0.3, 0.4) is 0 Å². The molecule has 6 nitrogen and oxygen atoms in total. The van der Waals surface area contributed by atoms with E-state index in [1.165, 1.54) is 12.1 Å².